The van der Waals surface area contributed by atoms with E-state index in [2.05, 4.69) is 4.98 Å². The molecule has 1 aromatic heterocycles. The van der Waals surface area contributed by atoms with Crippen LogP contribution in [-0.2, 0) is 0 Å². The van der Waals surface area contributed by atoms with E-state index in [1.165, 1.54) is 13.3 Å². The van der Waals surface area contributed by atoms with Gasteiger partial charge in [0.15, 0.2) is 17.2 Å². The van der Waals surface area contributed by atoms with Crippen molar-refractivity contribution < 1.29 is 14.6 Å². The highest BCUT2D eigenvalue weighted by Gasteiger charge is 2.10. The van der Waals surface area contributed by atoms with Gasteiger partial charge in [0.25, 0.3) is 0 Å². The van der Waals surface area contributed by atoms with Crippen molar-refractivity contribution in [2.75, 3.05) is 20.0 Å². The molecule has 1 heterocycles. The average molecular weight is 220 g/mol. The van der Waals surface area contributed by atoms with Crippen molar-refractivity contribution in [2.45, 2.75) is 0 Å². The topological polar surface area (TPSA) is 77.6 Å². The molecular formula is C11H12N2O3. The van der Waals surface area contributed by atoms with Gasteiger partial charge in [0.1, 0.15) is 0 Å². The predicted molar refractivity (Wildman–Crippen MR) is 60.9 cm³/mol. The molecule has 0 amide bonds. The Kier molecular flexibility index (Phi) is 2.44. The van der Waals surface area contributed by atoms with E-state index >= 15 is 0 Å². The zero-order valence-corrected chi connectivity index (χ0v) is 9.02. The van der Waals surface area contributed by atoms with Gasteiger partial charge in [-0.25, -0.2) is 0 Å². The van der Waals surface area contributed by atoms with Crippen LogP contribution in [0.4, 0.5) is 5.69 Å². The van der Waals surface area contributed by atoms with Gasteiger partial charge in [0.05, 0.1) is 31.6 Å². The molecule has 0 radical (unpaired) electrons. The van der Waals surface area contributed by atoms with Crippen LogP contribution in [-0.4, -0.2) is 24.3 Å². The largest absolute Gasteiger partial charge is 0.504 e. The van der Waals surface area contributed by atoms with Crippen molar-refractivity contribution in [1.82, 2.24) is 4.98 Å². The molecule has 0 saturated heterocycles. The zero-order valence-electron chi connectivity index (χ0n) is 9.02. The third-order valence-electron chi connectivity index (χ3n) is 2.39. The van der Waals surface area contributed by atoms with Gasteiger partial charge in [-0.05, 0) is 6.07 Å². The second kappa shape index (κ2) is 3.77. The first-order valence-corrected chi connectivity index (χ1v) is 4.66. The molecule has 1 aromatic carbocycles. The van der Waals surface area contributed by atoms with Crippen molar-refractivity contribution in [3.63, 3.8) is 0 Å². The summed E-state index contributed by atoms with van der Waals surface area (Å²) in [4.78, 5) is 4.06. The normalized spacial score (nSPS) is 10.4. The van der Waals surface area contributed by atoms with Crippen molar-refractivity contribution in [1.29, 1.82) is 0 Å². The lowest BCUT2D eigenvalue weighted by atomic mass is 10.1. The highest BCUT2D eigenvalue weighted by atomic mass is 16.5. The number of anilines is 1. The van der Waals surface area contributed by atoms with Crippen LogP contribution in [0.15, 0.2) is 18.3 Å². The van der Waals surface area contributed by atoms with E-state index < -0.39 is 0 Å². The van der Waals surface area contributed by atoms with Gasteiger partial charge in [-0.1, -0.05) is 0 Å². The second-order valence-corrected chi connectivity index (χ2v) is 3.28. The number of nitrogens with two attached hydrogens (primary N) is 1. The first-order valence-electron chi connectivity index (χ1n) is 4.66. The molecule has 0 aliphatic rings. The minimum Gasteiger partial charge on any atom is -0.504 e. The highest BCUT2D eigenvalue weighted by molar-refractivity contribution is 5.94. The number of pyridine rings is 1. The van der Waals surface area contributed by atoms with Gasteiger partial charge in [0, 0.05) is 11.5 Å². The van der Waals surface area contributed by atoms with Crippen LogP contribution >= 0.6 is 0 Å². The predicted octanol–water partition coefficient (Wildman–Crippen LogP) is 1.54. The number of ether oxygens (including phenoxy) is 2. The van der Waals surface area contributed by atoms with Crippen LogP contribution in [0, 0.1) is 0 Å². The van der Waals surface area contributed by atoms with Gasteiger partial charge < -0.3 is 20.3 Å². The van der Waals surface area contributed by atoms with Gasteiger partial charge >= 0.3 is 0 Å². The summed E-state index contributed by atoms with van der Waals surface area (Å²) < 4.78 is 10.3. The molecule has 5 nitrogen and oxygen atoms in total. The minimum atomic E-state index is -0.0419. The van der Waals surface area contributed by atoms with Crippen molar-refractivity contribution in [2.24, 2.45) is 0 Å². The van der Waals surface area contributed by atoms with Gasteiger partial charge in [-0.15, -0.1) is 0 Å². The number of aromatic hydroxyl groups is 1. The molecule has 0 spiro atoms. The van der Waals surface area contributed by atoms with E-state index in [1.807, 2.05) is 0 Å². The number of fused-ring (bicyclic) bond motifs is 1. The van der Waals surface area contributed by atoms with E-state index in [-0.39, 0.29) is 11.4 Å². The van der Waals surface area contributed by atoms with Crippen molar-refractivity contribution in [3.8, 4) is 17.2 Å². The standard InChI is InChI=1S/C11H12N2O3/c1-15-9-3-6-7(4-10(9)16-2)13-5-8(14)11(6)12/h3-5,14H,1-2H3,(H2,12,13). The molecule has 0 unspecified atom stereocenters. The maximum atomic E-state index is 9.45. The molecule has 0 aliphatic carbocycles. The highest BCUT2D eigenvalue weighted by Crippen LogP contribution is 2.36. The molecule has 0 fully saturated rings. The SMILES string of the molecule is COc1cc2ncc(O)c(N)c2cc1OC. The quantitative estimate of drug-likeness (QED) is 0.802. The number of benzene rings is 1. The Balaban J connectivity index is 2.78. The number of hydrogen-bond donors (Lipinski definition) is 2. The molecule has 0 saturated carbocycles. The smallest absolute Gasteiger partial charge is 0.162 e. The molecular weight excluding hydrogens is 208 g/mol. The Hall–Kier alpha value is -2.17. The van der Waals surface area contributed by atoms with Crippen molar-refractivity contribution >= 4 is 16.6 Å². The summed E-state index contributed by atoms with van der Waals surface area (Å²) in [5.41, 5.74) is 6.68. The lowest BCUT2D eigenvalue weighted by molar-refractivity contribution is 0.356. The number of methoxy groups -OCH3 is 2. The molecule has 2 rings (SSSR count). The number of aromatic nitrogens is 1. The summed E-state index contributed by atoms with van der Waals surface area (Å²) in [5.74, 6) is 1.08. The molecule has 5 heteroatoms. The van der Waals surface area contributed by atoms with E-state index in [4.69, 9.17) is 15.2 Å². The summed E-state index contributed by atoms with van der Waals surface area (Å²) in [6.45, 7) is 0. The molecule has 84 valence electrons. The maximum Gasteiger partial charge on any atom is 0.162 e. The van der Waals surface area contributed by atoms with Crippen LogP contribution in [0.2, 0.25) is 0 Å². The fourth-order valence-electron chi connectivity index (χ4n) is 1.53. The summed E-state index contributed by atoms with van der Waals surface area (Å²) in [6, 6.07) is 3.40. The Morgan fingerprint density at radius 2 is 1.81 bits per heavy atom. The lowest BCUT2D eigenvalue weighted by Crippen LogP contribution is -1.94. The maximum absolute atomic E-state index is 9.45. The lowest BCUT2D eigenvalue weighted by Gasteiger charge is -2.10. The number of nitrogen functional groups attached to an aromatic ring is 1. The van der Waals surface area contributed by atoms with Crippen LogP contribution in [0.5, 0.6) is 17.2 Å². The van der Waals surface area contributed by atoms with Crippen LogP contribution < -0.4 is 15.2 Å². The molecule has 0 bridgehead atoms. The number of rotatable bonds is 2. The molecule has 3 N–H and O–H groups in total. The van der Waals surface area contributed by atoms with Crippen LogP contribution in [0.25, 0.3) is 10.9 Å². The van der Waals surface area contributed by atoms with Gasteiger partial charge in [-0.3, -0.25) is 4.98 Å². The number of hydrogen-bond acceptors (Lipinski definition) is 5. The van der Waals surface area contributed by atoms with E-state index in [0.717, 1.165) is 0 Å². The molecule has 2 aromatic rings. The first-order chi connectivity index (χ1) is 7.67. The van der Waals surface area contributed by atoms with E-state index in [9.17, 15) is 5.11 Å². The third-order valence-corrected chi connectivity index (χ3v) is 2.39. The average Bonchev–Trinajstić information content (AvgIpc) is 2.32. The Morgan fingerprint density at radius 1 is 1.19 bits per heavy atom. The summed E-state index contributed by atoms with van der Waals surface area (Å²) in [7, 11) is 3.09. The zero-order chi connectivity index (χ0) is 11.7. The molecule has 0 atom stereocenters. The van der Waals surface area contributed by atoms with Crippen LogP contribution in [0.1, 0.15) is 0 Å². The molecule has 16 heavy (non-hydrogen) atoms. The Labute approximate surface area is 92.4 Å². The van der Waals surface area contributed by atoms with Crippen LogP contribution in [0.3, 0.4) is 0 Å². The van der Waals surface area contributed by atoms with E-state index in [0.29, 0.717) is 22.4 Å². The Bertz CT molecular complexity index is 540. The monoisotopic (exact) mass is 220 g/mol. The van der Waals surface area contributed by atoms with Gasteiger partial charge in [-0.2, -0.15) is 0 Å². The second-order valence-electron chi connectivity index (χ2n) is 3.28. The summed E-state index contributed by atoms with van der Waals surface area (Å²) >= 11 is 0. The minimum absolute atomic E-state index is 0.0419. The first kappa shape index (κ1) is 10.4. The fraction of sp³-hybridized carbons (Fsp3) is 0.182. The summed E-state index contributed by atoms with van der Waals surface area (Å²) in [5, 5.41) is 10.1. The fourth-order valence-corrected chi connectivity index (χ4v) is 1.53. The molecule has 0 aliphatic heterocycles. The third kappa shape index (κ3) is 1.46. The number of nitrogens with zero attached hydrogens (tertiary/aromatic N) is 1. The Morgan fingerprint density at radius 3 is 2.44 bits per heavy atom. The van der Waals surface area contributed by atoms with E-state index in [1.54, 1.807) is 19.2 Å². The summed E-state index contributed by atoms with van der Waals surface area (Å²) in [6.07, 6.45) is 1.31. The van der Waals surface area contributed by atoms with Gasteiger partial charge in [0.2, 0.25) is 0 Å². The van der Waals surface area contributed by atoms with Crippen molar-refractivity contribution in [3.05, 3.63) is 18.3 Å².